The molecular weight excluding hydrogens is 273 g/mol. The first-order chi connectivity index (χ1) is 5.67. The van der Waals surface area contributed by atoms with Gasteiger partial charge in [0.2, 0.25) is 0 Å². The zero-order valence-electron chi connectivity index (χ0n) is 8.00. The van der Waals surface area contributed by atoms with E-state index < -0.39 is 0 Å². The maximum Gasteiger partial charge on any atom is 0.109 e. The molecule has 2 heteroatoms. The van der Waals surface area contributed by atoms with E-state index in [1.807, 2.05) is 0 Å². The molecule has 0 saturated carbocycles. The number of benzene rings is 1. The fourth-order valence-electron chi connectivity index (χ4n) is 1.61. The smallest absolute Gasteiger partial charge is 0.109 e. The molecule has 1 aliphatic rings. The van der Waals surface area contributed by atoms with Gasteiger partial charge in [0.25, 0.3) is 0 Å². The molecule has 0 atom stereocenters. The van der Waals surface area contributed by atoms with Gasteiger partial charge in [-0.25, -0.2) is 0 Å². The molecule has 2 rings (SSSR count). The number of fused-ring (bicyclic) bond motifs is 1. The summed E-state index contributed by atoms with van der Waals surface area (Å²) in [6.07, 6.45) is 4.45. The second-order valence-corrected chi connectivity index (χ2v) is 3.95. The third-order valence-corrected chi connectivity index (χ3v) is 2.29. The SMILES string of the molecule is C[N+]1(C)C=Cc2ccccc2C1.[I-]. The number of quaternary nitrogens is 1. The van der Waals surface area contributed by atoms with Crippen LogP contribution in [-0.2, 0) is 6.54 Å². The van der Waals surface area contributed by atoms with Gasteiger partial charge in [-0.1, -0.05) is 24.3 Å². The van der Waals surface area contributed by atoms with Gasteiger partial charge in [-0.2, -0.15) is 0 Å². The van der Waals surface area contributed by atoms with Crippen molar-refractivity contribution in [3.63, 3.8) is 0 Å². The first-order valence-electron chi connectivity index (χ1n) is 4.27. The second kappa shape index (κ2) is 3.80. The first kappa shape index (κ1) is 10.7. The lowest BCUT2D eigenvalue weighted by Crippen LogP contribution is -3.00. The molecule has 0 saturated heterocycles. The van der Waals surface area contributed by atoms with Crippen LogP contribution in [-0.4, -0.2) is 18.6 Å². The van der Waals surface area contributed by atoms with Crippen LogP contribution < -0.4 is 24.0 Å². The van der Waals surface area contributed by atoms with E-state index in [0.717, 1.165) is 11.0 Å². The van der Waals surface area contributed by atoms with Gasteiger partial charge in [0.1, 0.15) is 6.54 Å². The zero-order chi connectivity index (χ0) is 8.60. The van der Waals surface area contributed by atoms with Crippen molar-refractivity contribution in [3.05, 3.63) is 41.6 Å². The predicted octanol–water partition coefficient (Wildman–Crippen LogP) is -0.749. The molecule has 0 fully saturated rings. The molecule has 0 radical (unpaired) electrons. The van der Waals surface area contributed by atoms with Crippen LogP contribution in [0.3, 0.4) is 0 Å². The third-order valence-electron chi connectivity index (χ3n) is 2.29. The van der Waals surface area contributed by atoms with E-state index in [-0.39, 0.29) is 24.0 Å². The summed E-state index contributed by atoms with van der Waals surface area (Å²) in [6.45, 7) is 1.10. The third kappa shape index (κ3) is 2.31. The molecule has 70 valence electrons. The molecule has 13 heavy (non-hydrogen) atoms. The lowest BCUT2D eigenvalue weighted by atomic mass is 10.0. The van der Waals surface area contributed by atoms with E-state index in [4.69, 9.17) is 0 Å². The van der Waals surface area contributed by atoms with Crippen LogP contribution in [0.5, 0.6) is 0 Å². The molecule has 0 unspecified atom stereocenters. The molecular formula is C11H14IN. The number of halogens is 1. The standard InChI is InChI=1S/C11H14N.HI/c1-12(2)8-7-10-5-3-4-6-11(10)9-12;/h3-8H,9H2,1-2H3;1H/q+1;/p-1. The normalized spacial score (nSPS) is 17.4. The fourth-order valence-corrected chi connectivity index (χ4v) is 1.61. The van der Waals surface area contributed by atoms with Crippen LogP contribution in [0.4, 0.5) is 0 Å². The van der Waals surface area contributed by atoms with Gasteiger partial charge in [0.15, 0.2) is 0 Å². The van der Waals surface area contributed by atoms with Crippen molar-refractivity contribution < 1.29 is 28.5 Å². The van der Waals surface area contributed by atoms with Crippen LogP contribution in [0, 0.1) is 0 Å². The Bertz CT molecular complexity index is 329. The Kier molecular flexibility index (Phi) is 3.14. The predicted molar refractivity (Wildman–Crippen MR) is 51.3 cm³/mol. The van der Waals surface area contributed by atoms with Crippen molar-refractivity contribution >= 4 is 6.08 Å². The molecule has 1 nitrogen and oxygen atoms in total. The summed E-state index contributed by atoms with van der Waals surface area (Å²) in [5, 5.41) is 0. The highest BCUT2D eigenvalue weighted by Crippen LogP contribution is 2.21. The molecule has 1 aromatic carbocycles. The van der Waals surface area contributed by atoms with E-state index >= 15 is 0 Å². The molecule has 0 N–H and O–H groups in total. The molecule has 1 heterocycles. The molecule has 0 spiro atoms. The van der Waals surface area contributed by atoms with Gasteiger partial charge >= 0.3 is 0 Å². The van der Waals surface area contributed by atoms with Crippen LogP contribution in [0.2, 0.25) is 0 Å². The van der Waals surface area contributed by atoms with E-state index in [0.29, 0.717) is 0 Å². The van der Waals surface area contributed by atoms with Gasteiger partial charge in [-0.15, -0.1) is 0 Å². The molecule has 1 aromatic rings. The number of rotatable bonds is 0. The van der Waals surface area contributed by atoms with Crippen molar-refractivity contribution in [2.75, 3.05) is 14.1 Å². The number of hydrogen-bond acceptors (Lipinski definition) is 0. The van der Waals surface area contributed by atoms with Crippen molar-refractivity contribution in [1.29, 1.82) is 0 Å². The average Bonchev–Trinajstić information content (AvgIpc) is 2.02. The topological polar surface area (TPSA) is 0 Å². The monoisotopic (exact) mass is 287 g/mol. The van der Waals surface area contributed by atoms with Crippen molar-refractivity contribution in [2.45, 2.75) is 6.54 Å². The van der Waals surface area contributed by atoms with E-state index in [2.05, 4.69) is 50.6 Å². The molecule has 0 amide bonds. The van der Waals surface area contributed by atoms with Gasteiger partial charge in [-0.3, -0.25) is 4.48 Å². The first-order valence-corrected chi connectivity index (χ1v) is 4.27. The summed E-state index contributed by atoms with van der Waals surface area (Å²) in [6, 6.07) is 8.58. The van der Waals surface area contributed by atoms with Crippen molar-refractivity contribution in [3.8, 4) is 0 Å². The van der Waals surface area contributed by atoms with Crippen LogP contribution in [0.15, 0.2) is 30.5 Å². The zero-order valence-corrected chi connectivity index (χ0v) is 10.2. The molecule has 0 bridgehead atoms. The highest BCUT2D eigenvalue weighted by molar-refractivity contribution is 5.53. The van der Waals surface area contributed by atoms with Crippen molar-refractivity contribution in [1.82, 2.24) is 0 Å². The Morgan fingerprint density at radius 1 is 1.15 bits per heavy atom. The maximum atomic E-state index is 2.24. The Balaban J connectivity index is 0.000000845. The number of nitrogens with zero attached hydrogens (tertiary/aromatic N) is 1. The highest BCUT2D eigenvalue weighted by atomic mass is 127. The van der Waals surface area contributed by atoms with Gasteiger partial charge in [-0.05, 0) is 11.6 Å². The lowest BCUT2D eigenvalue weighted by molar-refractivity contribution is -0.852. The van der Waals surface area contributed by atoms with Crippen LogP contribution in [0.1, 0.15) is 11.1 Å². The molecule has 1 aliphatic heterocycles. The number of hydrogen-bond donors (Lipinski definition) is 0. The minimum absolute atomic E-state index is 0. The minimum Gasteiger partial charge on any atom is -1.00 e. The Hall–Kier alpha value is -0.350. The van der Waals surface area contributed by atoms with E-state index in [9.17, 15) is 0 Å². The van der Waals surface area contributed by atoms with Gasteiger partial charge < -0.3 is 24.0 Å². The largest absolute Gasteiger partial charge is 1.00 e. The van der Waals surface area contributed by atoms with E-state index in [1.54, 1.807) is 0 Å². The lowest BCUT2D eigenvalue weighted by Gasteiger charge is -2.28. The Labute approximate surface area is 96.7 Å². The summed E-state index contributed by atoms with van der Waals surface area (Å²) >= 11 is 0. The Morgan fingerprint density at radius 2 is 1.85 bits per heavy atom. The van der Waals surface area contributed by atoms with Gasteiger partial charge in [0.05, 0.1) is 20.3 Å². The minimum atomic E-state index is 0. The summed E-state index contributed by atoms with van der Waals surface area (Å²) < 4.78 is 0.955. The quantitative estimate of drug-likeness (QED) is 0.435. The van der Waals surface area contributed by atoms with Crippen molar-refractivity contribution in [2.24, 2.45) is 0 Å². The highest BCUT2D eigenvalue weighted by Gasteiger charge is 2.18. The summed E-state index contributed by atoms with van der Waals surface area (Å²) in [5.74, 6) is 0. The van der Waals surface area contributed by atoms with E-state index in [1.165, 1.54) is 11.1 Å². The Morgan fingerprint density at radius 3 is 2.62 bits per heavy atom. The average molecular weight is 287 g/mol. The second-order valence-electron chi connectivity index (χ2n) is 3.95. The van der Waals surface area contributed by atoms with Crippen LogP contribution in [0.25, 0.3) is 6.08 Å². The van der Waals surface area contributed by atoms with Crippen LogP contribution >= 0.6 is 0 Å². The molecule has 0 aliphatic carbocycles. The van der Waals surface area contributed by atoms with Gasteiger partial charge in [0, 0.05) is 5.56 Å². The summed E-state index contributed by atoms with van der Waals surface area (Å²) in [4.78, 5) is 0. The maximum absolute atomic E-state index is 2.24. The molecule has 0 aromatic heterocycles. The fraction of sp³-hybridized carbons (Fsp3) is 0.273. The summed E-state index contributed by atoms with van der Waals surface area (Å²) in [7, 11) is 4.43. The summed E-state index contributed by atoms with van der Waals surface area (Å²) in [5.41, 5.74) is 2.82.